The Morgan fingerprint density at radius 3 is 3.00 bits per heavy atom. The van der Waals surface area contributed by atoms with Gasteiger partial charge >= 0.3 is 0 Å². The number of carbonyl (C=O) groups excluding carboxylic acids is 1. The number of amides is 1. The largest absolute Gasteiger partial charge is 0.493 e. The molecule has 104 valence electrons. The highest BCUT2D eigenvalue weighted by Crippen LogP contribution is 2.30. The minimum atomic E-state index is -0.503. The van der Waals surface area contributed by atoms with Gasteiger partial charge in [-0.05, 0) is 12.1 Å². The van der Waals surface area contributed by atoms with Gasteiger partial charge < -0.3 is 14.4 Å². The molecule has 0 aromatic heterocycles. The summed E-state index contributed by atoms with van der Waals surface area (Å²) in [5, 5.41) is 8.85. The van der Waals surface area contributed by atoms with E-state index in [1.165, 1.54) is 7.11 Å². The van der Waals surface area contributed by atoms with Crippen molar-refractivity contribution in [3.8, 4) is 17.6 Å². The number of carbonyl (C=O) groups is 1. The Labute approximate surface area is 118 Å². The second-order valence-corrected chi connectivity index (χ2v) is 4.45. The lowest BCUT2D eigenvalue weighted by Gasteiger charge is -2.16. The van der Waals surface area contributed by atoms with Crippen molar-refractivity contribution in [1.29, 1.82) is 5.26 Å². The fraction of sp³-hybridized carbons (Fsp3) is 0.333. The van der Waals surface area contributed by atoms with Crippen LogP contribution in [0.3, 0.4) is 0 Å². The lowest BCUT2D eigenvalue weighted by molar-refractivity contribution is -0.132. The van der Waals surface area contributed by atoms with Crippen LogP contribution < -0.4 is 9.47 Å². The Hall–Kier alpha value is -2.48. The van der Waals surface area contributed by atoms with Gasteiger partial charge in [-0.2, -0.15) is 5.26 Å². The number of likely N-dealkylation sites (tertiary alicyclic amines) is 1. The fourth-order valence-electron chi connectivity index (χ4n) is 2.14. The van der Waals surface area contributed by atoms with Crippen LogP contribution in [0.5, 0.6) is 11.5 Å². The predicted molar refractivity (Wildman–Crippen MR) is 73.5 cm³/mol. The summed E-state index contributed by atoms with van der Waals surface area (Å²) in [7, 11) is 1.50. The maximum absolute atomic E-state index is 12.1. The first-order chi connectivity index (χ1) is 9.69. The Morgan fingerprint density at radius 1 is 1.55 bits per heavy atom. The molecule has 1 atom stereocenters. The van der Waals surface area contributed by atoms with Crippen molar-refractivity contribution in [3.63, 3.8) is 0 Å². The van der Waals surface area contributed by atoms with Crippen LogP contribution in [0.4, 0.5) is 0 Å². The monoisotopic (exact) mass is 272 g/mol. The molecule has 2 rings (SSSR count). The standard InChI is InChI=1S/C15H16N2O3/c1-3-7-17-8-6-13(15(17)18)20-12-5-4-11(10-16)9-14(12)19-2/h3-5,9,13H,1,6-8H2,2H3/t13-/m1/s1. The van der Waals surface area contributed by atoms with Gasteiger partial charge in [-0.1, -0.05) is 6.08 Å². The molecular weight excluding hydrogens is 256 g/mol. The number of hydrogen-bond acceptors (Lipinski definition) is 4. The van der Waals surface area contributed by atoms with Gasteiger partial charge in [-0.25, -0.2) is 0 Å². The number of benzene rings is 1. The van der Waals surface area contributed by atoms with Gasteiger partial charge in [0.2, 0.25) is 0 Å². The van der Waals surface area contributed by atoms with E-state index in [1.54, 1.807) is 29.2 Å². The van der Waals surface area contributed by atoms with E-state index in [0.717, 1.165) is 0 Å². The average molecular weight is 272 g/mol. The first kappa shape index (κ1) is 13.9. The van der Waals surface area contributed by atoms with E-state index in [1.807, 2.05) is 6.07 Å². The third kappa shape index (κ3) is 2.75. The van der Waals surface area contributed by atoms with E-state index in [2.05, 4.69) is 6.58 Å². The molecule has 1 aliphatic rings. The zero-order valence-corrected chi connectivity index (χ0v) is 11.3. The van der Waals surface area contributed by atoms with Gasteiger partial charge in [0.15, 0.2) is 17.6 Å². The summed E-state index contributed by atoms with van der Waals surface area (Å²) < 4.78 is 10.9. The van der Waals surface area contributed by atoms with E-state index >= 15 is 0 Å². The number of hydrogen-bond donors (Lipinski definition) is 0. The topological polar surface area (TPSA) is 62.6 Å². The summed E-state index contributed by atoms with van der Waals surface area (Å²) in [6, 6.07) is 6.92. The Morgan fingerprint density at radius 2 is 2.35 bits per heavy atom. The molecule has 1 saturated heterocycles. The van der Waals surface area contributed by atoms with Gasteiger partial charge in [0.25, 0.3) is 5.91 Å². The molecule has 20 heavy (non-hydrogen) atoms. The summed E-state index contributed by atoms with van der Waals surface area (Å²) in [5.41, 5.74) is 0.486. The molecule has 1 amide bonds. The van der Waals surface area contributed by atoms with E-state index in [-0.39, 0.29) is 5.91 Å². The molecule has 0 N–H and O–H groups in total. The third-order valence-corrected chi connectivity index (χ3v) is 3.16. The summed E-state index contributed by atoms with van der Waals surface area (Å²) in [4.78, 5) is 13.8. The smallest absolute Gasteiger partial charge is 0.263 e. The van der Waals surface area contributed by atoms with Crippen LogP contribution in [0.2, 0.25) is 0 Å². The molecule has 1 heterocycles. The maximum Gasteiger partial charge on any atom is 0.263 e. The molecule has 1 aromatic carbocycles. The van der Waals surface area contributed by atoms with Gasteiger partial charge in [0, 0.05) is 25.6 Å². The highest BCUT2D eigenvalue weighted by atomic mass is 16.5. The predicted octanol–water partition coefficient (Wildman–Crippen LogP) is 1.73. The molecule has 1 fully saturated rings. The maximum atomic E-state index is 12.1. The molecule has 0 saturated carbocycles. The quantitative estimate of drug-likeness (QED) is 0.766. The Kier molecular flexibility index (Phi) is 4.26. The first-order valence-electron chi connectivity index (χ1n) is 6.34. The van der Waals surface area contributed by atoms with Crippen molar-refractivity contribution in [2.45, 2.75) is 12.5 Å². The number of rotatable bonds is 5. The highest BCUT2D eigenvalue weighted by molar-refractivity contribution is 5.83. The number of ether oxygens (including phenoxy) is 2. The van der Waals surface area contributed by atoms with Crippen molar-refractivity contribution in [1.82, 2.24) is 4.90 Å². The van der Waals surface area contributed by atoms with Crippen LogP contribution in [-0.4, -0.2) is 37.1 Å². The molecule has 0 aliphatic carbocycles. The van der Waals surface area contributed by atoms with E-state index < -0.39 is 6.10 Å². The molecule has 0 bridgehead atoms. The molecular formula is C15H16N2O3. The summed E-state index contributed by atoms with van der Waals surface area (Å²) in [5.74, 6) is 0.889. The van der Waals surface area contributed by atoms with Crippen LogP contribution in [0.15, 0.2) is 30.9 Å². The van der Waals surface area contributed by atoms with Crippen molar-refractivity contribution in [3.05, 3.63) is 36.4 Å². The molecule has 5 nitrogen and oxygen atoms in total. The first-order valence-corrected chi connectivity index (χ1v) is 6.34. The fourth-order valence-corrected chi connectivity index (χ4v) is 2.14. The van der Waals surface area contributed by atoms with Gasteiger partial charge in [-0.3, -0.25) is 4.79 Å². The molecule has 0 radical (unpaired) electrons. The summed E-state index contributed by atoms with van der Waals surface area (Å²) in [6.45, 7) is 4.82. The summed E-state index contributed by atoms with van der Waals surface area (Å²) in [6.07, 6.45) is 1.83. The minimum absolute atomic E-state index is 0.0451. The van der Waals surface area contributed by atoms with E-state index in [9.17, 15) is 4.79 Å². The van der Waals surface area contributed by atoms with Crippen LogP contribution in [0.25, 0.3) is 0 Å². The lowest BCUT2D eigenvalue weighted by Crippen LogP contribution is -2.32. The van der Waals surface area contributed by atoms with Crippen LogP contribution in [-0.2, 0) is 4.79 Å². The Balaban J connectivity index is 2.13. The molecule has 0 unspecified atom stereocenters. The van der Waals surface area contributed by atoms with Gasteiger partial charge in [-0.15, -0.1) is 6.58 Å². The van der Waals surface area contributed by atoms with Crippen molar-refractivity contribution >= 4 is 5.91 Å². The van der Waals surface area contributed by atoms with E-state index in [4.69, 9.17) is 14.7 Å². The van der Waals surface area contributed by atoms with Crippen LogP contribution in [0, 0.1) is 11.3 Å². The number of methoxy groups -OCH3 is 1. The van der Waals surface area contributed by atoms with Gasteiger partial charge in [0.1, 0.15) is 0 Å². The summed E-state index contributed by atoms with van der Waals surface area (Å²) >= 11 is 0. The average Bonchev–Trinajstić information content (AvgIpc) is 2.81. The SMILES string of the molecule is C=CCN1CC[C@@H](Oc2ccc(C#N)cc2OC)C1=O. The second kappa shape index (κ2) is 6.11. The van der Waals surface area contributed by atoms with Crippen molar-refractivity contribution in [2.24, 2.45) is 0 Å². The molecule has 0 spiro atoms. The molecule has 5 heteroatoms. The number of nitrogens with zero attached hydrogens (tertiary/aromatic N) is 2. The van der Waals surface area contributed by atoms with Gasteiger partial charge in [0.05, 0.1) is 18.7 Å². The molecule has 1 aromatic rings. The Bertz CT molecular complexity index is 563. The zero-order chi connectivity index (χ0) is 14.5. The van der Waals surface area contributed by atoms with Crippen LogP contribution in [0.1, 0.15) is 12.0 Å². The minimum Gasteiger partial charge on any atom is -0.493 e. The second-order valence-electron chi connectivity index (χ2n) is 4.45. The van der Waals surface area contributed by atoms with E-state index in [0.29, 0.717) is 36.6 Å². The third-order valence-electron chi connectivity index (χ3n) is 3.16. The highest BCUT2D eigenvalue weighted by Gasteiger charge is 2.33. The number of nitriles is 1. The lowest BCUT2D eigenvalue weighted by atomic mass is 10.2. The normalized spacial score (nSPS) is 17.7. The van der Waals surface area contributed by atoms with Crippen LogP contribution >= 0.6 is 0 Å². The molecule has 1 aliphatic heterocycles. The zero-order valence-electron chi connectivity index (χ0n) is 11.3. The van der Waals surface area contributed by atoms with Crippen molar-refractivity contribution in [2.75, 3.05) is 20.2 Å². The van der Waals surface area contributed by atoms with Crippen molar-refractivity contribution < 1.29 is 14.3 Å².